The van der Waals surface area contributed by atoms with Gasteiger partial charge in [0.2, 0.25) is 5.82 Å². The number of rotatable bonds is 5. The van der Waals surface area contributed by atoms with Gasteiger partial charge in [-0.15, -0.1) is 0 Å². The zero-order valence-electron chi connectivity index (χ0n) is 11.5. The van der Waals surface area contributed by atoms with Gasteiger partial charge in [0.25, 0.3) is 0 Å². The summed E-state index contributed by atoms with van der Waals surface area (Å²) in [5.41, 5.74) is 2.32. The Labute approximate surface area is 122 Å². The molecule has 0 unspecified atom stereocenters. The Morgan fingerprint density at radius 2 is 2.24 bits per heavy atom. The number of pyridine rings is 1. The van der Waals surface area contributed by atoms with E-state index in [2.05, 4.69) is 16.4 Å². The highest BCUT2D eigenvalue weighted by Crippen LogP contribution is 2.22. The van der Waals surface area contributed by atoms with E-state index < -0.39 is 4.92 Å². The van der Waals surface area contributed by atoms with Gasteiger partial charge in [-0.2, -0.15) is 5.26 Å². The molecule has 0 fully saturated rings. The fourth-order valence-corrected chi connectivity index (χ4v) is 1.98. The van der Waals surface area contributed by atoms with E-state index in [0.29, 0.717) is 6.54 Å². The van der Waals surface area contributed by atoms with Crippen LogP contribution in [0.25, 0.3) is 0 Å². The number of anilines is 1. The number of nitriles is 1. The zero-order valence-corrected chi connectivity index (χ0v) is 11.5. The van der Waals surface area contributed by atoms with E-state index in [0.717, 1.165) is 12.0 Å². The summed E-state index contributed by atoms with van der Waals surface area (Å²) in [6.45, 7) is 2.55. The number of nitro groups is 1. The van der Waals surface area contributed by atoms with Crippen molar-refractivity contribution < 1.29 is 4.92 Å². The van der Waals surface area contributed by atoms with Gasteiger partial charge in [0, 0.05) is 18.8 Å². The van der Waals surface area contributed by atoms with Crippen molar-refractivity contribution in [3.8, 4) is 6.07 Å². The van der Waals surface area contributed by atoms with Crippen molar-refractivity contribution in [3.63, 3.8) is 0 Å². The van der Waals surface area contributed by atoms with Crippen LogP contribution in [-0.2, 0) is 6.42 Å². The lowest BCUT2D eigenvalue weighted by Crippen LogP contribution is -2.08. The molecule has 2 aromatic rings. The lowest BCUT2D eigenvalue weighted by Gasteiger charge is -2.07. The fourth-order valence-electron chi connectivity index (χ4n) is 1.98. The lowest BCUT2D eigenvalue weighted by atomic mass is 10.1. The van der Waals surface area contributed by atoms with Crippen LogP contribution in [0.4, 0.5) is 11.5 Å². The van der Waals surface area contributed by atoms with Crippen LogP contribution in [-0.4, -0.2) is 16.5 Å². The van der Waals surface area contributed by atoms with Crippen LogP contribution in [0.3, 0.4) is 0 Å². The minimum absolute atomic E-state index is 0.172. The Hall–Kier alpha value is -2.94. The second-order valence-electron chi connectivity index (χ2n) is 4.63. The van der Waals surface area contributed by atoms with Gasteiger partial charge in [0.1, 0.15) is 6.07 Å². The first kappa shape index (κ1) is 14.5. The van der Waals surface area contributed by atoms with E-state index in [4.69, 9.17) is 5.26 Å². The number of aromatic nitrogens is 1. The molecule has 0 saturated carbocycles. The third kappa shape index (κ3) is 3.76. The first-order valence-electron chi connectivity index (χ1n) is 6.44. The van der Waals surface area contributed by atoms with Gasteiger partial charge in [-0.1, -0.05) is 29.8 Å². The highest BCUT2D eigenvalue weighted by atomic mass is 16.6. The van der Waals surface area contributed by atoms with Crippen molar-refractivity contribution in [2.45, 2.75) is 13.3 Å². The summed E-state index contributed by atoms with van der Waals surface area (Å²) in [7, 11) is 0. The average Bonchev–Trinajstić information content (AvgIpc) is 2.47. The summed E-state index contributed by atoms with van der Waals surface area (Å²) in [4.78, 5) is 14.4. The molecule has 6 heteroatoms. The molecule has 106 valence electrons. The van der Waals surface area contributed by atoms with E-state index in [-0.39, 0.29) is 17.1 Å². The SMILES string of the molecule is Cc1cccc(CCNc2ncc(C#N)cc2[N+](=O)[O-])c1. The molecule has 0 spiro atoms. The quantitative estimate of drug-likeness (QED) is 0.672. The Morgan fingerprint density at radius 1 is 1.43 bits per heavy atom. The largest absolute Gasteiger partial charge is 0.364 e. The van der Waals surface area contributed by atoms with E-state index in [1.807, 2.05) is 31.2 Å². The second kappa shape index (κ2) is 6.48. The van der Waals surface area contributed by atoms with Gasteiger partial charge in [-0.05, 0) is 18.9 Å². The van der Waals surface area contributed by atoms with Gasteiger partial charge in [-0.25, -0.2) is 4.98 Å². The summed E-state index contributed by atoms with van der Waals surface area (Å²) in [6.07, 6.45) is 2.06. The van der Waals surface area contributed by atoms with Crippen LogP contribution in [0.2, 0.25) is 0 Å². The minimum Gasteiger partial charge on any atom is -0.364 e. The van der Waals surface area contributed by atoms with Crippen LogP contribution in [0.15, 0.2) is 36.5 Å². The van der Waals surface area contributed by atoms with Gasteiger partial charge in [0.05, 0.1) is 10.5 Å². The molecule has 0 aliphatic rings. The van der Waals surface area contributed by atoms with E-state index in [1.165, 1.54) is 17.8 Å². The van der Waals surface area contributed by atoms with Crippen LogP contribution >= 0.6 is 0 Å². The van der Waals surface area contributed by atoms with Crippen LogP contribution in [0.1, 0.15) is 16.7 Å². The van der Waals surface area contributed by atoms with Gasteiger partial charge < -0.3 is 5.32 Å². The molecule has 0 aliphatic carbocycles. The molecule has 1 heterocycles. The molecular formula is C15H14N4O2. The Kier molecular flexibility index (Phi) is 4.46. The van der Waals surface area contributed by atoms with Crippen molar-refractivity contribution >= 4 is 11.5 Å². The highest BCUT2D eigenvalue weighted by molar-refractivity contribution is 5.58. The smallest absolute Gasteiger partial charge is 0.312 e. The van der Waals surface area contributed by atoms with Gasteiger partial charge in [0.15, 0.2) is 0 Å². The monoisotopic (exact) mass is 282 g/mol. The third-order valence-corrected chi connectivity index (χ3v) is 2.98. The second-order valence-corrected chi connectivity index (χ2v) is 4.63. The molecule has 2 rings (SSSR count). The van der Waals surface area contributed by atoms with Crippen molar-refractivity contribution in [3.05, 3.63) is 63.3 Å². The molecule has 1 N–H and O–H groups in total. The predicted molar refractivity (Wildman–Crippen MR) is 79.0 cm³/mol. The standard InChI is InChI=1S/C15H14N4O2/c1-11-3-2-4-12(7-11)5-6-17-15-14(19(20)21)8-13(9-16)10-18-15/h2-4,7-8,10H,5-6H2,1H3,(H,17,18). The van der Waals surface area contributed by atoms with E-state index in [1.54, 1.807) is 0 Å². The fraction of sp³-hybridized carbons (Fsp3) is 0.200. The molecule has 6 nitrogen and oxygen atoms in total. The van der Waals surface area contributed by atoms with E-state index in [9.17, 15) is 10.1 Å². The van der Waals surface area contributed by atoms with Crippen LogP contribution in [0, 0.1) is 28.4 Å². The van der Waals surface area contributed by atoms with Gasteiger partial charge >= 0.3 is 5.69 Å². The number of hydrogen-bond donors (Lipinski definition) is 1. The molecule has 1 aromatic carbocycles. The minimum atomic E-state index is -0.539. The van der Waals surface area contributed by atoms with Crippen LogP contribution in [0.5, 0.6) is 0 Å². The number of hydrogen-bond acceptors (Lipinski definition) is 5. The molecule has 1 aromatic heterocycles. The van der Waals surface area contributed by atoms with Crippen molar-refractivity contribution in [1.82, 2.24) is 4.98 Å². The first-order chi connectivity index (χ1) is 10.1. The number of aryl methyl sites for hydroxylation is 1. The molecule has 21 heavy (non-hydrogen) atoms. The van der Waals surface area contributed by atoms with Crippen molar-refractivity contribution in [2.75, 3.05) is 11.9 Å². The lowest BCUT2D eigenvalue weighted by molar-refractivity contribution is -0.384. The maximum absolute atomic E-state index is 11.0. The topological polar surface area (TPSA) is 91.8 Å². The van der Waals surface area contributed by atoms with Gasteiger partial charge in [-0.3, -0.25) is 10.1 Å². The van der Waals surface area contributed by atoms with Crippen molar-refractivity contribution in [1.29, 1.82) is 5.26 Å². The Morgan fingerprint density at radius 3 is 2.90 bits per heavy atom. The number of nitrogens with one attached hydrogen (secondary N) is 1. The molecule has 0 amide bonds. The molecule has 0 radical (unpaired) electrons. The summed E-state index contributed by atoms with van der Waals surface area (Å²) in [5, 5.41) is 22.7. The molecule has 0 bridgehead atoms. The Balaban J connectivity index is 2.06. The third-order valence-electron chi connectivity index (χ3n) is 2.98. The maximum Gasteiger partial charge on any atom is 0.312 e. The summed E-state index contributed by atoms with van der Waals surface area (Å²) in [6, 6.07) is 11.1. The number of benzene rings is 1. The maximum atomic E-state index is 11.0. The predicted octanol–water partition coefficient (Wildman–Crippen LogP) is 2.82. The molecular weight excluding hydrogens is 268 g/mol. The number of nitrogens with zero attached hydrogens (tertiary/aromatic N) is 3. The molecule has 0 atom stereocenters. The normalized spacial score (nSPS) is 9.90. The van der Waals surface area contributed by atoms with Crippen LogP contribution < -0.4 is 5.32 Å². The first-order valence-corrected chi connectivity index (χ1v) is 6.44. The molecule has 0 saturated heterocycles. The summed E-state index contributed by atoms with van der Waals surface area (Å²) in [5.74, 6) is 0.187. The zero-order chi connectivity index (χ0) is 15.2. The molecule has 0 aliphatic heterocycles. The van der Waals surface area contributed by atoms with Crippen molar-refractivity contribution in [2.24, 2.45) is 0 Å². The summed E-state index contributed by atoms with van der Waals surface area (Å²) >= 11 is 0. The summed E-state index contributed by atoms with van der Waals surface area (Å²) < 4.78 is 0. The average molecular weight is 282 g/mol. The van der Waals surface area contributed by atoms with E-state index >= 15 is 0 Å². The Bertz CT molecular complexity index is 707. The highest BCUT2D eigenvalue weighted by Gasteiger charge is 2.15.